The van der Waals surface area contributed by atoms with Gasteiger partial charge in [-0.25, -0.2) is 4.79 Å². The van der Waals surface area contributed by atoms with Crippen LogP contribution in [0.5, 0.6) is 0 Å². The average Bonchev–Trinajstić information content (AvgIpc) is 2.76. The largest absolute Gasteiger partial charge is 0.445 e. The topological polar surface area (TPSA) is 32.8 Å². The highest BCUT2D eigenvalue weighted by Gasteiger charge is 2.44. The number of rotatable bonds is 2. The molecular weight excluding hydrogens is 348 g/mol. The van der Waals surface area contributed by atoms with Crippen LogP contribution in [0.25, 0.3) is 0 Å². The second kappa shape index (κ2) is 7.59. The van der Waals surface area contributed by atoms with Crippen LogP contribution in [0.3, 0.4) is 0 Å². The molecule has 0 N–H and O–H groups in total. The third kappa shape index (κ3) is 3.30. The van der Waals surface area contributed by atoms with E-state index < -0.39 is 0 Å². The Bertz CT molecular complexity index is 838. The number of carbonyl (C=O) groups is 1. The fourth-order valence-corrected chi connectivity index (χ4v) is 5.43. The number of benzene rings is 2. The lowest BCUT2D eigenvalue weighted by Crippen LogP contribution is -2.57. The molecule has 0 unspecified atom stereocenters. The summed E-state index contributed by atoms with van der Waals surface area (Å²) in [5.41, 5.74) is 3.99. The second-order valence-corrected chi connectivity index (χ2v) is 8.40. The van der Waals surface area contributed by atoms with Crippen LogP contribution in [0.4, 0.5) is 4.79 Å². The van der Waals surface area contributed by atoms with Crippen molar-refractivity contribution >= 4 is 6.09 Å². The molecule has 3 aliphatic heterocycles. The van der Waals surface area contributed by atoms with Crippen LogP contribution < -0.4 is 0 Å². The van der Waals surface area contributed by atoms with Gasteiger partial charge in [-0.2, -0.15) is 0 Å². The van der Waals surface area contributed by atoms with Crippen molar-refractivity contribution in [2.24, 2.45) is 5.92 Å². The van der Waals surface area contributed by atoms with Gasteiger partial charge in [-0.3, -0.25) is 4.90 Å². The SMILES string of the molecule is O=C(OCc1ccccc1)N1CCC[C@@H]2CN3CCc4ccccc4[C@@H]3C[C@@H]21. The quantitative estimate of drug-likeness (QED) is 0.778. The first-order chi connectivity index (χ1) is 13.8. The summed E-state index contributed by atoms with van der Waals surface area (Å²) < 4.78 is 5.70. The minimum Gasteiger partial charge on any atom is -0.445 e. The molecule has 0 spiro atoms. The Morgan fingerprint density at radius 1 is 1.04 bits per heavy atom. The molecule has 0 saturated carbocycles. The first-order valence-corrected chi connectivity index (χ1v) is 10.6. The van der Waals surface area contributed by atoms with Crippen molar-refractivity contribution in [3.8, 4) is 0 Å². The van der Waals surface area contributed by atoms with E-state index in [0.29, 0.717) is 24.6 Å². The molecule has 146 valence electrons. The minimum absolute atomic E-state index is 0.143. The monoisotopic (exact) mass is 376 g/mol. The predicted octanol–water partition coefficient (Wildman–Crippen LogP) is 4.41. The van der Waals surface area contributed by atoms with Gasteiger partial charge in [0.1, 0.15) is 6.61 Å². The van der Waals surface area contributed by atoms with Crippen molar-refractivity contribution in [3.63, 3.8) is 0 Å². The number of piperidine rings is 2. The number of likely N-dealkylation sites (tertiary alicyclic amines) is 1. The van der Waals surface area contributed by atoms with Gasteiger partial charge in [-0.05, 0) is 48.3 Å². The van der Waals surface area contributed by atoms with Crippen LogP contribution in [0.1, 0.15) is 42.0 Å². The van der Waals surface area contributed by atoms with Crippen LogP contribution >= 0.6 is 0 Å². The van der Waals surface area contributed by atoms with Crippen LogP contribution in [0, 0.1) is 5.92 Å². The fourth-order valence-electron chi connectivity index (χ4n) is 5.43. The number of hydrogen-bond acceptors (Lipinski definition) is 3. The normalized spacial score (nSPS) is 26.7. The summed E-state index contributed by atoms with van der Waals surface area (Å²) in [6, 6.07) is 19.5. The number of ether oxygens (including phenoxy) is 1. The Labute approximate surface area is 167 Å². The summed E-state index contributed by atoms with van der Waals surface area (Å²) in [4.78, 5) is 17.6. The number of fused-ring (bicyclic) bond motifs is 4. The number of nitrogens with zero attached hydrogens (tertiary/aromatic N) is 2. The lowest BCUT2D eigenvalue weighted by atomic mass is 9.77. The first-order valence-electron chi connectivity index (χ1n) is 10.6. The number of hydrogen-bond donors (Lipinski definition) is 0. The van der Waals surface area contributed by atoms with Gasteiger partial charge in [0.15, 0.2) is 0 Å². The molecule has 2 aromatic rings. The van der Waals surface area contributed by atoms with Gasteiger partial charge in [0.05, 0.1) is 0 Å². The van der Waals surface area contributed by atoms with E-state index in [0.717, 1.165) is 44.5 Å². The standard InChI is InChI=1S/C24H28N2O2/c27-24(28-17-18-7-2-1-3-8-18)26-13-6-10-20-16-25-14-12-19-9-4-5-11-21(19)23(25)15-22(20)26/h1-5,7-9,11,20,22-23H,6,10,12-17H2/t20-,22+,23+/m1/s1. The van der Waals surface area contributed by atoms with Crippen molar-refractivity contribution in [1.82, 2.24) is 9.80 Å². The Hall–Kier alpha value is -2.33. The molecule has 2 fully saturated rings. The molecule has 0 aliphatic carbocycles. The van der Waals surface area contributed by atoms with Crippen LogP contribution in [-0.2, 0) is 17.8 Å². The zero-order valence-corrected chi connectivity index (χ0v) is 16.3. The Balaban J connectivity index is 1.32. The van der Waals surface area contributed by atoms with E-state index in [9.17, 15) is 4.79 Å². The smallest absolute Gasteiger partial charge is 0.410 e. The van der Waals surface area contributed by atoms with E-state index in [1.54, 1.807) is 0 Å². The fraction of sp³-hybridized carbons (Fsp3) is 0.458. The maximum Gasteiger partial charge on any atom is 0.410 e. The van der Waals surface area contributed by atoms with Crippen molar-refractivity contribution < 1.29 is 9.53 Å². The van der Waals surface area contributed by atoms with Crippen LogP contribution in [-0.4, -0.2) is 41.6 Å². The molecule has 3 atom stereocenters. The Morgan fingerprint density at radius 3 is 2.75 bits per heavy atom. The molecule has 2 aromatic carbocycles. The van der Waals surface area contributed by atoms with Gasteiger partial charge >= 0.3 is 6.09 Å². The maximum absolute atomic E-state index is 12.9. The Morgan fingerprint density at radius 2 is 1.86 bits per heavy atom. The van der Waals surface area contributed by atoms with Gasteiger partial charge in [-0.15, -0.1) is 0 Å². The van der Waals surface area contributed by atoms with Crippen molar-refractivity contribution in [3.05, 3.63) is 71.3 Å². The highest BCUT2D eigenvalue weighted by molar-refractivity contribution is 5.68. The van der Waals surface area contributed by atoms with E-state index in [1.807, 2.05) is 35.2 Å². The average molecular weight is 377 g/mol. The summed E-state index contributed by atoms with van der Waals surface area (Å²) >= 11 is 0. The third-order valence-electron chi connectivity index (χ3n) is 6.82. The van der Waals surface area contributed by atoms with E-state index >= 15 is 0 Å². The van der Waals surface area contributed by atoms with E-state index in [2.05, 4.69) is 29.2 Å². The lowest BCUT2D eigenvalue weighted by molar-refractivity contribution is -0.0138. The van der Waals surface area contributed by atoms with E-state index in [4.69, 9.17) is 4.74 Å². The van der Waals surface area contributed by atoms with Gasteiger partial charge in [0.25, 0.3) is 0 Å². The lowest BCUT2D eigenvalue weighted by Gasteiger charge is -2.51. The highest BCUT2D eigenvalue weighted by Crippen LogP contribution is 2.42. The molecule has 3 aliphatic rings. The van der Waals surface area contributed by atoms with E-state index in [-0.39, 0.29) is 6.09 Å². The third-order valence-corrected chi connectivity index (χ3v) is 6.82. The summed E-state index contributed by atoms with van der Waals surface area (Å²) in [5.74, 6) is 0.569. The van der Waals surface area contributed by atoms with Gasteiger partial charge in [0, 0.05) is 31.7 Å². The first kappa shape index (κ1) is 17.7. The maximum atomic E-state index is 12.9. The number of amides is 1. The van der Waals surface area contributed by atoms with Crippen molar-refractivity contribution in [1.29, 1.82) is 0 Å². The zero-order chi connectivity index (χ0) is 18.9. The molecule has 0 radical (unpaired) electrons. The van der Waals surface area contributed by atoms with Crippen molar-refractivity contribution in [2.75, 3.05) is 19.6 Å². The van der Waals surface area contributed by atoms with Crippen LogP contribution in [0.2, 0.25) is 0 Å². The predicted molar refractivity (Wildman–Crippen MR) is 109 cm³/mol. The number of carbonyl (C=O) groups excluding carboxylic acids is 1. The molecule has 28 heavy (non-hydrogen) atoms. The highest BCUT2D eigenvalue weighted by atomic mass is 16.6. The van der Waals surface area contributed by atoms with Crippen molar-refractivity contribution in [2.45, 2.75) is 44.4 Å². The second-order valence-electron chi connectivity index (χ2n) is 8.40. The molecule has 4 heteroatoms. The molecule has 1 amide bonds. The van der Waals surface area contributed by atoms with Gasteiger partial charge in [-0.1, -0.05) is 54.6 Å². The van der Waals surface area contributed by atoms with Gasteiger partial charge < -0.3 is 9.64 Å². The molecule has 4 nitrogen and oxygen atoms in total. The molecule has 0 bridgehead atoms. The Kier molecular flexibility index (Phi) is 4.81. The zero-order valence-electron chi connectivity index (χ0n) is 16.3. The molecule has 0 aromatic heterocycles. The minimum atomic E-state index is -0.143. The molecule has 2 saturated heterocycles. The summed E-state index contributed by atoms with van der Waals surface area (Å²) in [6.07, 6.45) is 4.33. The summed E-state index contributed by atoms with van der Waals surface area (Å²) in [6.45, 7) is 3.42. The molecule has 5 rings (SSSR count). The van der Waals surface area contributed by atoms with E-state index in [1.165, 1.54) is 17.5 Å². The van der Waals surface area contributed by atoms with Gasteiger partial charge in [0.2, 0.25) is 0 Å². The molecular formula is C24H28N2O2. The summed E-state index contributed by atoms with van der Waals surface area (Å²) in [7, 11) is 0. The summed E-state index contributed by atoms with van der Waals surface area (Å²) in [5, 5.41) is 0. The molecule has 3 heterocycles. The van der Waals surface area contributed by atoms with Crippen LogP contribution in [0.15, 0.2) is 54.6 Å².